The molecule has 0 aliphatic carbocycles. The molecule has 1 amide bonds. The van der Waals surface area contributed by atoms with Gasteiger partial charge < -0.3 is 19.4 Å². The Balaban J connectivity index is 1.87. The SMILES string of the molecule is CCOC(=O)c1c(C)[nH]c(CN(Cc2ccc(C)cc2)C(=O)[C@H](C)Oc2ccccc2)c1C. The van der Waals surface area contributed by atoms with Crippen LogP contribution in [0.15, 0.2) is 54.6 Å². The normalized spacial score (nSPS) is 11.7. The highest BCUT2D eigenvalue weighted by atomic mass is 16.5. The number of carbonyl (C=O) groups is 2. The van der Waals surface area contributed by atoms with Crippen LogP contribution in [0.5, 0.6) is 5.75 Å². The molecule has 174 valence electrons. The Hall–Kier alpha value is -3.54. The molecule has 0 aliphatic heterocycles. The summed E-state index contributed by atoms with van der Waals surface area (Å²) in [6, 6.07) is 17.4. The number of carbonyl (C=O) groups excluding carboxylic acids is 2. The number of benzene rings is 2. The van der Waals surface area contributed by atoms with Crippen molar-refractivity contribution in [3.8, 4) is 5.75 Å². The van der Waals surface area contributed by atoms with Crippen molar-refractivity contribution in [2.45, 2.75) is 53.8 Å². The van der Waals surface area contributed by atoms with Crippen LogP contribution < -0.4 is 4.74 Å². The molecule has 0 saturated carbocycles. The number of aromatic amines is 1. The van der Waals surface area contributed by atoms with E-state index in [2.05, 4.69) is 4.98 Å². The number of nitrogens with zero attached hydrogens (tertiary/aromatic N) is 1. The van der Waals surface area contributed by atoms with Gasteiger partial charge in [0.2, 0.25) is 0 Å². The molecule has 1 N–H and O–H groups in total. The Morgan fingerprint density at radius 2 is 1.64 bits per heavy atom. The molecule has 2 aromatic carbocycles. The van der Waals surface area contributed by atoms with Crippen LogP contribution in [0.4, 0.5) is 0 Å². The number of esters is 1. The Morgan fingerprint density at radius 1 is 0.970 bits per heavy atom. The lowest BCUT2D eigenvalue weighted by Gasteiger charge is -2.26. The maximum absolute atomic E-state index is 13.5. The molecule has 6 nitrogen and oxygen atoms in total. The van der Waals surface area contributed by atoms with Gasteiger partial charge in [0.25, 0.3) is 5.91 Å². The van der Waals surface area contributed by atoms with Gasteiger partial charge in [-0.05, 0) is 57.9 Å². The third kappa shape index (κ3) is 6.04. The van der Waals surface area contributed by atoms with E-state index in [1.807, 2.05) is 75.4 Å². The molecule has 0 unspecified atom stereocenters. The van der Waals surface area contributed by atoms with Gasteiger partial charge in [0.1, 0.15) is 5.75 Å². The number of para-hydroxylation sites is 1. The Morgan fingerprint density at radius 3 is 2.27 bits per heavy atom. The smallest absolute Gasteiger partial charge is 0.340 e. The summed E-state index contributed by atoms with van der Waals surface area (Å²) < 4.78 is 11.1. The summed E-state index contributed by atoms with van der Waals surface area (Å²) in [5.74, 6) is 0.154. The largest absolute Gasteiger partial charge is 0.481 e. The van der Waals surface area contributed by atoms with Gasteiger partial charge in [-0.1, -0.05) is 48.0 Å². The maximum Gasteiger partial charge on any atom is 0.340 e. The van der Waals surface area contributed by atoms with E-state index in [-0.39, 0.29) is 11.9 Å². The van der Waals surface area contributed by atoms with Crippen molar-refractivity contribution in [2.75, 3.05) is 6.61 Å². The van der Waals surface area contributed by atoms with E-state index in [4.69, 9.17) is 9.47 Å². The quantitative estimate of drug-likeness (QED) is 0.462. The number of amides is 1. The lowest BCUT2D eigenvalue weighted by Crippen LogP contribution is -2.40. The molecule has 0 aliphatic rings. The molecule has 33 heavy (non-hydrogen) atoms. The fraction of sp³-hybridized carbons (Fsp3) is 0.333. The molecule has 1 aromatic heterocycles. The summed E-state index contributed by atoms with van der Waals surface area (Å²) in [6.07, 6.45) is -0.668. The van der Waals surface area contributed by atoms with Gasteiger partial charge in [0, 0.05) is 17.9 Å². The second-order valence-corrected chi connectivity index (χ2v) is 8.20. The zero-order valence-electron chi connectivity index (χ0n) is 20.0. The number of rotatable bonds is 9. The number of ether oxygens (including phenoxy) is 2. The molecule has 1 heterocycles. The molecular formula is C27H32N2O4. The van der Waals surface area contributed by atoms with Crippen molar-refractivity contribution in [1.29, 1.82) is 0 Å². The van der Waals surface area contributed by atoms with Crippen LogP contribution in [-0.2, 0) is 22.6 Å². The minimum absolute atomic E-state index is 0.135. The zero-order chi connectivity index (χ0) is 24.0. The molecule has 0 radical (unpaired) electrons. The van der Waals surface area contributed by atoms with E-state index >= 15 is 0 Å². The second kappa shape index (κ2) is 10.9. The number of aromatic nitrogens is 1. The fourth-order valence-electron chi connectivity index (χ4n) is 3.81. The predicted molar refractivity (Wildman–Crippen MR) is 128 cm³/mol. The van der Waals surface area contributed by atoms with Crippen LogP contribution in [0, 0.1) is 20.8 Å². The molecule has 0 fully saturated rings. The monoisotopic (exact) mass is 448 g/mol. The number of nitrogens with one attached hydrogen (secondary N) is 1. The number of hydrogen-bond donors (Lipinski definition) is 1. The molecule has 0 spiro atoms. The first-order chi connectivity index (χ1) is 15.8. The lowest BCUT2D eigenvalue weighted by molar-refractivity contribution is -0.139. The van der Waals surface area contributed by atoms with Crippen LogP contribution in [-0.4, -0.2) is 34.5 Å². The van der Waals surface area contributed by atoms with E-state index in [1.165, 1.54) is 0 Å². The molecule has 3 aromatic rings. The van der Waals surface area contributed by atoms with Gasteiger partial charge in [-0.15, -0.1) is 0 Å². The summed E-state index contributed by atoms with van der Waals surface area (Å²) in [5, 5.41) is 0. The van der Waals surface area contributed by atoms with E-state index < -0.39 is 6.10 Å². The highest BCUT2D eigenvalue weighted by molar-refractivity contribution is 5.93. The summed E-state index contributed by atoms with van der Waals surface area (Å²) in [6.45, 7) is 10.4. The highest BCUT2D eigenvalue weighted by Crippen LogP contribution is 2.22. The molecule has 6 heteroatoms. The Bertz CT molecular complexity index is 1090. The number of H-pyrrole nitrogens is 1. The van der Waals surface area contributed by atoms with Crippen LogP contribution in [0.1, 0.15) is 52.3 Å². The Labute approximate surface area is 195 Å². The summed E-state index contributed by atoms with van der Waals surface area (Å²) in [7, 11) is 0. The number of aryl methyl sites for hydroxylation is 2. The summed E-state index contributed by atoms with van der Waals surface area (Å²) in [5.41, 5.74) is 5.05. The van der Waals surface area contributed by atoms with Crippen molar-refractivity contribution in [3.05, 3.63) is 88.2 Å². The molecule has 3 rings (SSSR count). The van der Waals surface area contributed by atoms with Crippen molar-refractivity contribution >= 4 is 11.9 Å². The standard InChI is InChI=1S/C27H32N2O4/c1-6-32-27(31)25-19(3)24(28-20(25)4)17-29(16-22-14-12-18(2)13-15-22)26(30)21(5)33-23-10-8-7-9-11-23/h7-15,21,28H,6,16-17H2,1-5H3/t21-/m0/s1. The van der Waals surface area contributed by atoms with Gasteiger partial charge in [-0.2, -0.15) is 0 Å². The fourth-order valence-corrected chi connectivity index (χ4v) is 3.81. The van der Waals surface area contributed by atoms with Gasteiger partial charge in [0.15, 0.2) is 6.10 Å². The first-order valence-corrected chi connectivity index (χ1v) is 11.2. The lowest BCUT2D eigenvalue weighted by atomic mass is 10.1. The van der Waals surface area contributed by atoms with Gasteiger partial charge >= 0.3 is 5.97 Å². The van der Waals surface area contributed by atoms with Crippen LogP contribution in [0.3, 0.4) is 0 Å². The van der Waals surface area contributed by atoms with E-state index in [0.29, 0.717) is 31.0 Å². The minimum atomic E-state index is -0.668. The first kappa shape index (κ1) is 24.1. The van der Waals surface area contributed by atoms with Gasteiger partial charge in [-0.25, -0.2) is 4.79 Å². The number of hydrogen-bond acceptors (Lipinski definition) is 4. The third-order valence-corrected chi connectivity index (χ3v) is 5.58. The van der Waals surface area contributed by atoms with E-state index in [1.54, 1.807) is 18.7 Å². The Kier molecular flexibility index (Phi) is 7.93. The van der Waals surface area contributed by atoms with E-state index in [9.17, 15) is 9.59 Å². The first-order valence-electron chi connectivity index (χ1n) is 11.2. The van der Waals surface area contributed by atoms with E-state index in [0.717, 1.165) is 28.1 Å². The van der Waals surface area contributed by atoms with Crippen LogP contribution in [0.25, 0.3) is 0 Å². The average molecular weight is 449 g/mol. The summed E-state index contributed by atoms with van der Waals surface area (Å²) in [4.78, 5) is 30.9. The van der Waals surface area contributed by atoms with Crippen molar-refractivity contribution in [1.82, 2.24) is 9.88 Å². The highest BCUT2D eigenvalue weighted by Gasteiger charge is 2.26. The van der Waals surface area contributed by atoms with Crippen LogP contribution in [0.2, 0.25) is 0 Å². The third-order valence-electron chi connectivity index (χ3n) is 5.58. The predicted octanol–water partition coefficient (Wildman–Crippen LogP) is 5.11. The van der Waals surface area contributed by atoms with Gasteiger partial charge in [-0.3, -0.25) is 4.79 Å². The maximum atomic E-state index is 13.5. The zero-order valence-corrected chi connectivity index (χ0v) is 20.0. The molecule has 1 atom stereocenters. The van der Waals surface area contributed by atoms with Crippen molar-refractivity contribution < 1.29 is 19.1 Å². The molecular weight excluding hydrogens is 416 g/mol. The van der Waals surface area contributed by atoms with Crippen LogP contribution >= 0.6 is 0 Å². The molecule has 0 saturated heterocycles. The van der Waals surface area contributed by atoms with Crippen molar-refractivity contribution in [2.24, 2.45) is 0 Å². The molecule has 0 bridgehead atoms. The average Bonchev–Trinajstić information content (AvgIpc) is 3.07. The van der Waals surface area contributed by atoms with Gasteiger partial charge in [0.05, 0.1) is 18.7 Å². The minimum Gasteiger partial charge on any atom is -0.481 e. The summed E-state index contributed by atoms with van der Waals surface area (Å²) >= 11 is 0. The topological polar surface area (TPSA) is 71.6 Å². The second-order valence-electron chi connectivity index (χ2n) is 8.20. The van der Waals surface area contributed by atoms with Crippen molar-refractivity contribution in [3.63, 3.8) is 0 Å².